The number of nitrogens with two attached hydrogens (primary N) is 1. The summed E-state index contributed by atoms with van der Waals surface area (Å²) in [7, 11) is 0. The average Bonchev–Trinajstić information content (AvgIpc) is 3.54. The SMILES string of the molecule is N[C@H]1CCCN(c2nc(NCC(c3ccccc3)c3ccccc3)c3ncn([C@@H]4O[C@H](CO)[C@@H](O)[C@H]4O)c3n2)C1. The normalized spacial score (nSPS) is 25.1. The molecule has 40 heavy (non-hydrogen) atoms. The summed E-state index contributed by atoms with van der Waals surface area (Å²) >= 11 is 0. The molecule has 11 heteroatoms. The molecule has 2 saturated heterocycles. The van der Waals surface area contributed by atoms with Crippen LogP contribution in [-0.2, 0) is 4.74 Å². The number of nitrogens with zero attached hydrogens (tertiary/aromatic N) is 5. The van der Waals surface area contributed by atoms with E-state index in [2.05, 4.69) is 39.5 Å². The average molecular weight is 546 g/mol. The van der Waals surface area contributed by atoms with Crippen LogP contribution in [-0.4, -0.2) is 85.4 Å². The quantitative estimate of drug-likeness (QED) is 0.221. The van der Waals surface area contributed by atoms with E-state index in [1.54, 1.807) is 4.57 Å². The smallest absolute Gasteiger partial charge is 0.229 e. The molecule has 4 aromatic rings. The Morgan fingerprint density at radius 2 is 1.70 bits per heavy atom. The van der Waals surface area contributed by atoms with Gasteiger partial charge in [0, 0.05) is 31.6 Å². The lowest BCUT2D eigenvalue weighted by Gasteiger charge is -2.31. The van der Waals surface area contributed by atoms with Crippen LogP contribution in [0.5, 0.6) is 0 Å². The minimum absolute atomic E-state index is 0.0235. The van der Waals surface area contributed by atoms with Crippen LogP contribution in [0.3, 0.4) is 0 Å². The summed E-state index contributed by atoms with van der Waals surface area (Å²) in [6, 6.07) is 20.7. The van der Waals surface area contributed by atoms with Gasteiger partial charge >= 0.3 is 0 Å². The molecule has 0 saturated carbocycles. The highest BCUT2D eigenvalue weighted by molar-refractivity contribution is 5.84. The summed E-state index contributed by atoms with van der Waals surface area (Å²) in [6.07, 6.45) is -0.949. The van der Waals surface area contributed by atoms with Crippen LogP contribution in [0, 0.1) is 0 Å². The first kappa shape index (κ1) is 26.6. The Morgan fingerprint density at radius 3 is 2.33 bits per heavy atom. The number of hydrogen-bond acceptors (Lipinski definition) is 10. The van der Waals surface area contributed by atoms with Gasteiger partial charge < -0.3 is 36.0 Å². The molecule has 210 valence electrons. The fourth-order valence-corrected chi connectivity index (χ4v) is 5.65. The van der Waals surface area contributed by atoms with E-state index in [0.29, 0.717) is 36.0 Å². The first-order chi connectivity index (χ1) is 19.5. The van der Waals surface area contributed by atoms with Crippen LogP contribution in [0.25, 0.3) is 11.2 Å². The number of aliphatic hydroxyl groups excluding tert-OH is 3. The highest BCUT2D eigenvalue weighted by Gasteiger charge is 2.44. The summed E-state index contributed by atoms with van der Waals surface area (Å²) in [5.74, 6) is 1.12. The van der Waals surface area contributed by atoms with Gasteiger partial charge in [-0.3, -0.25) is 4.57 Å². The Bertz CT molecular complexity index is 1380. The molecule has 2 aliphatic rings. The number of anilines is 2. The van der Waals surface area contributed by atoms with E-state index in [1.807, 2.05) is 36.4 Å². The number of fused-ring (bicyclic) bond motifs is 1. The summed E-state index contributed by atoms with van der Waals surface area (Å²) < 4.78 is 7.40. The molecule has 0 amide bonds. The lowest BCUT2D eigenvalue weighted by molar-refractivity contribution is -0.0511. The summed E-state index contributed by atoms with van der Waals surface area (Å²) in [6.45, 7) is 1.54. The van der Waals surface area contributed by atoms with Gasteiger partial charge in [-0.15, -0.1) is 0 Å². The molecule has 6 rings (SSSR count). The standard InChI is InChI=1S/C29H35N7O4/c30-20-12-7-13-35(15-20)29-33-26(31-14-21(18-8-3-1-4-9-18)19-10-5-2-6-11-19)23-27(34-29)36(17-32-23)28-25(39)24(38)22(16-37)40-28/h1-6,8-11,17,20-22,24-25,28,37-39H,7,12-16,30H2,(H,31,33,34)/t20-,22+,24+,25+,28+/m0/s1. The Morgan fingerprint density at radius 1 is 1.00 bits per heavy atom. The predicted molar refractivity (Wildman–Crippen MR) is 151 cm³/mol. The van der Waals surface area contributed by atoms with Gasteiger partial charge in [-0.25, -0.2) is 4.98 Å². The highest BCUT2D eigenvalue weighted by atomic mass is 16.6. The Kier molecular flexibility index (Phi) is 7.63. The molecule has 0 spiro atoms. The van der Waals surface area contributed by atoms with E-state index in [9.17, 15) is 15.3 Å². The lowest BCUT2D eigenvalue weighted by Crippen LogP contribution is -2.43. The second-order valence-corrected chi connectivity index (χ2v) is 10.5. The van der Waals surface area contributed by atoms with Gasteiger partial charge in [-0.2, -0.15) is 9.97 Å². The van der Waals surface area contributed by atoms with Gasteiger partial charge in [0.1, 0.15) is 18.3 Å². The van der Waals surface area contributed by atoms with Crippen LogP contribution in [0.15, 0.2) is 67.0 Å². The van der Waals surface area contributed by atoms with Gasteiger partial charge in [0.2, 0.25) is 5.95 Å². The lowest BCUT2D eigenvalue weighted by atomic mass is 9.91. The van der Waals surface area contributed by atoms with Crippen LogP contribution in [0.4, 0.5) is 11.8 Å². The molecule has 2 fully saturated rings. The number of ether oxygens (including phenoxy) is 1. The van der Waals surface area contributed by atoms with Crippen molar-refractivity contribution in [2.45, 2.75) is 49.3 Å². The summed E-state index contributed by atoms with van der Waals surface area (Å²) in [5, 5.41) is 34.2. The van der Waals surface area contributed by atoms with Crippen molar-refractivity contribution in [2.24, 2.45) is 5.73 Å². The molecule has 11 nitrogen and oxygen atoms in total. The second-order valence-electron chi connectivity index (χ2n) is 10.5. The number of aliphatic hydroxyl groups is 3. The van der Waals surface area contributed by atoms with E-state index < -0.39 is 31.1 Å². The van der Waals surface area contributed by atoms with Crippen molar-refractivity contribution in [3.05, 3.63) is 78.1 Å². The van der Waals surface area contributed by atoms with Gasteiger partial charge in [0.25, 0.3) is 0 Å². The van der Waals surface area contributed by atoms with Crippen molar-refractivity contribution < 1.29 is 20.1 Å². The molecule has 0 aliphatic carbocycles. The van der Waals surface area contributed by atoms with Crippen molar-refractivity contribution >= 4 is 22.9 Å². The zero-order chi connectivity index (χ0) is 27.6. The highest BCUT2D eigenvalue weighted by Crippen LogP contribution is 2.34. The Balaban J connectivity index is 1.39. The van der Waals surface area contributed by atoms with Gasteiger partial charge in [-0.1, -0.05) is 60.7 Å². The van der Waals surface area contributed by atoms with E-state index in [0.717, 1.165) is 19.4 Å². The molecule has 2 aliphatic heterocycles. The van der Waals surface area contributed by atoms with Crippen LogP contribution < -0.4 is 16.0 Å². The van der Waals surface area contributed by atoms with Crippen LogP contribution in [0.1, 0.15) is 36.1 Å². The molecule has 4 heterocycles. The number of piperidine rings is 1. The topological polar surface area (TPSA) is 155 Å². The monoisotopic (exact) mass is 545 g/mol. The van der Waals surface area contributed by atoms with Crippen molar-refractivity contribution in [2.75, 3.05) is 36.5 Å². The fraction of sp³-hybridized carbons (Fsp3) is 0.414. The summed E-state index contributed by atoms with van der Waals surface area (Å²) in [4.78, 5) is 16.4. The number of hydrogen-bond donors (Lipinski definition) is 5. The maximum absolute atomic E-state index is 10.7. The molecule has 6 N–H and O–H groups in total. The molecule has 2 aromatic carbocycles. The van der Waals surface area contributed by atoms with Crippen LogP contribution in [0.2, 0.25) is 0 Å². The third kappa shape index (κ3) is 5.14. The molecule has 2 aromatic heterocycles. The number of nitrogens with one attached hydrogen (secondary N) is 1. The number of imidazole rings is 1. The molecule has 0 radical (unpaired) electrons. The largest absolute Gasteiger partial charge is 0.394 e. The third-order valence-electron chi connectivity index (χ3n) is 7.82. The van der Waals surface area contributed by atoms with Crippen molar-refractivity contribution in [1.29, 1.82) is 0 Å². The zero-order valence-electron chi connectivity index (χ0n) is 22.1. The minimum Gasteiger partial charge on any atom is -0.394 e. The molecular formula is C29H35N7O4. The summed E-state index contributed by atoms with van der Waals surface area (Å²) in [5.41, 5.74) is 9.60. The molecular weight excluding hydrogens is 510 g/mol. The van der Waals surface area contributed by atoms with Crippen molar-refractivity contribution in [3.8, 4) is 0 Å². The maximum Gasteiger partial charge on any atom is 0.229 e. The van der Waals surface area contributed by atoms with E-state index in [4.69, 9.17) is 20.4 Å². The number of aromatic nitrogens is 4. The Hall–Kier alpha value is -3.61. The molecule has 0 bridgehead atoms. The van der Waals surface area contributed by atoms with E-state index in [1.165, 1.54) is 17.5 Å². The Labute approximate surface area is 232 Å². The van der Waals surface area contributed by atoms with Crippen LogP contribution >= 0.6 is 0 Å². The molecule has 0 unspecified atom stereocenters. The predicted octanol–water partition coefficient (Wildman–Crippen LogP) is 1.61. The van der Waals surface area contributed by atoms with E-state index >= 15 is 0 Å². The van der Waals surface area contributed by atoms with Gasteiger partial charge in [0.15, 0.2) is 23.2 Å². The first-order valence-electron chi connectivity index (χ1n) is 13.7. The maximum atomic E-state index is 10.7. The molecule has 5 atom stereocenters. The third-order valence-corrected chi connectivity index (χ3v) is 7.82. The van der Waals surface area contributed by atoms with Crippen molar-refractivity contribution in [3.63, 3.8) is 0 Å². The minimum atomic E-state index is -1.26. The fourth-order valence-electron chi connectivity index (χ4n) is 5.65. The van der Waals surface area contributed by atoms with Gasteiger partial charge in [-0.05, 0) is 24.0 Å². The number of rotatable bonds is 8. The first-order valence-corrected chi connectivity index (χ1v) is 13.7. The van der Waals surface area contributed by atoms with Gasteiger partial charge in [0.05, 0.1) is 12.9 Å². The van der Waals surface area contributed by atoms with E-state index in [-0.39, 0.29) is 12.0 Å². The van der Waals surface area contributed by atoms with Crippen molar-refractivity contribution in [1.82, 2.24) is 19.5 Å². The zero-order valence-corrected chi connectivity index (χ0v) is 22.1. The number of benzene rings is 2. The second kappa shape index (κ2) is 11.5.